The summed E-state index contributed by atoms with van der Waals surface area (Å²) in [6, 6.07) is 18.3. The van der Waals surface area contributed by atoms with Gasteiger partial charge in [0.2, 0.25) is 0 Å². The molecule has 162 valence electrons. The predicted octanol–water partition coefficient (Wildman–Crippen LogP) is 3.78. The van der Waals surface area contributed by atoms with Gasteiger partial charge >= 0.3 is 0 Å². The number of aromatic amines is 1. The Bertz CT molecular complexity index is 1460. The Morgan fingerprint density at radius 2 is 1.69 bits per heavy atom. The van der Waals surface area contributed by atoms with Crippen molar-refractivity contribution >= 4 is 43.9 Å². The van der Waals surface area contributed by atoms with Crippen LogP contribution in [0.5, 0.6) is 0 Å². The molecule has 9 heteroatoms. The number of rotatable bonds is 5. The average Bonchev–Trinajstić information content (AvgIpc) is 3.19. The van der Waals surface area contributed by atoms with Crippen LogP contribution < -0.4 is 10.6 Å². The number of nitrogens with zero attached hydrogens (tertiary/aromatic N) is 1. The van der Waals surface area contributed by atoms with E-state index in [4.69, 9.17) is 0 Å². The first-order valence-electron chi connectivity index (χ1n) is 9.69. The van der Waals surface area contributed by atoms with Gasteiger partial charge in [-0.1, -0.05) is 24.3 Å². The van der Waals surface area contributed by atoms with E-state index in [2.05, 4.69) is 20.8 Å². The molecule has 2 amide bonds. The standard InChI is InChI=1S/C23H20N4O4S/c1-14-12-16(24-23(29)21-18-8-3-4-9-20(18)26-27-21)10-11-19(14)25-22(28)15-6-5-7-17(13-15)32(2,30)31/h3-13H,1-2H3,(H,24,29)(H,25,28)(H,26,27). The van der Waals surface area contributed by atoms with E-state index in [-0.39, 0.29) is 16.4 Å². The molecule has 0 atom stereocenters. The Balaban J connectivity index is 1.50. The molecule has 1 heterocycles. The van der Waals surface area contributed by atoms with Crippen LogP contribution in [-0.2, 0) is 9.84 Å². The molecule has 1 aromatic heterocycles. The van der Waals surface area contributed by atoms with Gasteiger partial charge in [0, 0.05) is 28.6 Å². The summed E-state index contributed by atoms with van der Waals surface area (Å²) in [5, 5.41) is 13.2. The molecule has 4 rings (SSSR count). The minimum absolute atomic E-state index is 0.0748. The quantitative estimate of drug-likeness (QED) is 0.429. The van der Waals surface area contributed by atoms with Crippen molar-refractivity contribution < 1.29 is 18.0 Å². The van der Waals surface area contributed by atoms with Crippen molar-refractivity contribution in [1.29, 1.82) is 0 Å². The number of aryl methyl sites for hydroxylation is 1. The molecule has 8 nitrogen and oxygen atoms in total. The molecule has 3 N–H and O–H groups in total. The first-order valence-corrected chi connectivity index (χ1v) is 11.6. The first kappa shape index (κ1) is 21.3. The summed E-state index contributed by atoms with van der Waals surface area (Å²) in [5.74, 6) is -0.783. The lowest BCUT2D eigenvalue weighted by atomic mass is 10.1. The first-order chi connectivity index (χ1) is 15.2. The van der Waals surface area contributed by atoms with Crippen molar-refractivity contribution in [3.63, 3.8) is 0 Å². The van der Waals surface area contributed by atoms with Crippen LogP contribution >= 0.6 is 0 Å². The number of carbonyl (C=O) groups is 2. The zero-order valence-corrected chi connectivity index (χ0v) is 18.2. The highest BCUT2D eigenvalue weighted by atomic mass is 32.2. The number of para-hydroxylation sites is 1. The molecule has 0 fully saturated rings. The largest absolute Gasteiger partial charge is 0.322 e. The summed E-state index contributed by atoms with van der Waals surface area (Å²) in [6.45, 7) is 1.79. The number of sulfone groups is 1. The van der Waals surface area contributed by atoms with E-state index >= 15 is 0 Å². The topological polar surface area (TPSA) is 121 Å². The van der Waals surface area contributed by atoms with Crippen LogP contribution in [0.2, 0.25) is 0 Å². The Morgan fingerprint density at radius 1 is 0.906 bits per heavy atom. The highest BCUT2D eigenvalue weighted by Gasteiger charge is 2.15. The summed E-state index contributed by atoms with van der Waals surface area (Å²) in [6.07, 6.45) is 1.09. The van der Waals surface area contributed by atoms with Gasteiger partial charge in [0.15, 0.2) is 15.5 Å². The highest BCUT2D eigenvalue weighted by Crippen LogP contribution is 2.23. The minimum atomic E-state index is -3.42. The Labute approximate surface area is 184 Å². The second kappa shape index (κ2) is 8.27. The maximum atomic E-state index is 12.6. The van der Waals surface area contributed by atoms with Crippen LogP contribution in [0, 0.1) is 6.92 Å². The van der Waals surface area contributed by atoms with Gasteiger partial charge in [0.1, 0.15) is 0 Å². The van der Waals surface area contributed by atoms with Crippen molar-refractivity contribution in [2.75, 3.05) is 16.9 Å². The van der Waals surface area contributed by atoms with Crippen LogP contribution in [0.1, 0.15) is 26.4 Å². The summed E-state index contributed by atoms with van der Waals surface area (Å²) in [5.41, 5.74) is 3.12. The molecule has 0 aliphatic heterocycles. The number of nitrogens with one attached hydrogen (secondary N) is 3. The van der Waals surface area contributed by atoms with Crippen LogP contribution in [0.4, 0.5) is 11.4 Å². The maximum Gasteiger partial charge on any atom is 0.276 e. The van der Waals surface area contributed by atoms with E-state index in [0.29, 0.717) is 17.1 Å². The lowest BCUT2D eigenvalue weighted by Crippen LogP contribution is -2.15. The van der Waals surface area contributed by atoms with Crippen LogP contribution in [-0.4, -0.2) is 36.7 Å². The monoisotopic (exact) mass is 448 g/mol. The minimum Gasteiger partial charge on any atom is -0.322 e. The summed E-state index contributed by atoms with van der Waals surface area (Å²) < 4.78 is 23.5. The summed E-state index contributed by atoms with van der Waals surface area (Å²) in [4.78, 5) is 25.3. The molecule has 0 radical (unpaired) electrons. The van der Waals surface area contributed by atoms with E-state index in [9.17, 15) is 18.0 Å². The number of carbonyl (C=O) groups excluding carboxylic acids is 2. The SMILES string of the molecule is Cc1cc(NC(=O)c2n[nH]c3ccccc23)ccc1NC(=O)c1cccc(S(C)(=O)=O)c1. The lowest BCUT2D eigenvalue weighted by Gasteiger charge is -2.11. The van der Waals surface area contributed by atoms with Crippen molar-refractivity contribution in [2.24, 2.45) is 0 Å². The zero-order valence-electron chi connectivity index (χ0n) is 17.3. The Kier molecular flexibility index (Phi) is 5.50. The Morgan fingerprint density at radius 3 is 2.44 bits per heavy atom. The molecule has 0 saturated carbocycles. The van der Waals surface area contributed by atoms with Crippen LogP contribution in [0.15, 0.2) is 71.6 Å². The van der Waals surface area contributed by atoms with Gasteiger partial charge in [-0.25, -0.2) is 8.42 Å². The number of H-pyrrole nitrogens is 1. The second-order valence-corrected chi connectivity index (χ2v) is 9.37. The van der Waals surface area contributed by atoms with E-state index in [0.717, 1.165) is 22.7 Å². The predicted molar refractivity (Wildman–Crippen MR) is 123 cm³/mol. The van der Waals surface area contributed by atoms with Gasteiger partial charge in [-0.05, 0) is 55.0 Å². The third-order valence-electron chi connectivity index (χ3n) is 4.94. The molecular formula is C23H20N4O4S. The number of fused-ring (bicyclic) bond motifs is 1. The van der Waals surface area contributed by atoms with E-state index in [1.54, 1.807) is 31.2 Å². The molecule has 0 bridgehead atoms. The highest BCUT2D eigenvalue weighted by molar-refractivity contribution is 7.90. The fraction of sp³-hybridized carbons (Fsp3) is 0.0870. The third-order valence-corrected chi connectivity index (χ3v) is 6.05. The summed E-state index contributed by atoms with van der Waals surface area (Å²) >= 11 is 0. The average molecular weight is 449 g/mol. The fourth-order valence-electron chi connectivity index (χ4n) is 3.27. The molecule has 0 saturated heterocycles. The second-order valence-electron chi connectivity index (χ2n) is 7.36. The number of hydrogen-bond acceptors (Lipinski definition) is 5. The van der Waals surface area contributed by atoms with Crippen molar-refractivity contribution in [3.8, 4) is 0 Å². The molecular weight excluding hydrogens is 428 g/mol. The van der Waals surface area contributed by atoms with Crippen LogP contribution in [0.3, 0.4) is 0 Å². The van der Waals surface area contributed by atoms with Crippen LogP contribution in [0.25, 0.3) is 10.9 Å². The molecule has 0 aliphatic rings. The smallest absolute Gasteiger partial charge is 0.276 e. The third kappa shape index (κ3) is 4.37. The molecule has 4 aromatic rings. The maximum absolute atomic E-state index is 12.6. The number of aromatic nitrogens is 2. The van der Waals surface area contributed by atoms with E-state index < -0.39 is 15.7 Å². The van der Waals surface area contributed by atoms with Gasteiger partial charge in [-0.15, -0.1) is 0 Å². The molecule has 32 heavy (non-hydrogen) atoms. The van der Waals surface area contributed by atoms with Gasteiger partial charge in [-0.2, -0.15) is 5.10 Å². The number of hydrogen-bond donors (Lipinski definition) is 3. The van der Waals surface area contributed by atoms with Crippen molar-refractivity contribution in [2.45, 2.75) is 11.8 Å². The van der Waals surface area contributed by atoms with Gasteiger partial charge in [0.05, 0.1) is 10.4 Å². The Hall–Kier alpha value is -3.98. The number of anilines is 2. The molecule has 3 aromatic carbocycles. The fourth-order valence-corrected chi connectivity index (χ4v) is 3.94. The van der Waals surface area contributed by atoms with Crippen molar-refractivity contribution in [1.82, 2.24) is 10.2 Å². The molecule has 0 spiro atoms. The number of amides is 2. The zero-order chi connectivity index (χ0) is 22.9. The molecule has 0 aliphatic carbocycles. The summed E-state index contributed by atoms with van der Waals surface area (Å²) in [7, 11) is -3.42. The molecule has 0 unspecified atom stereocenters. The lowest BCUT2D eigenvalue weighted by molar-refractivity contribution is 0.101. The van der Waals surface area contributed by atoms with E-state index in [1.807, 2.05) is 24.3 Å². The van der Waals surface area contributed by atoms with Gasteiger partial charge in [0.25, 0.3) is 11.8 Å². The van der Waals surface area contributed by atoms with Gasteiger partial charge in [-0.3, -0.25) is 14.7 Å². The number of benzene rings is 3. The van der Waals surface area contributed by atoms with Gasteiger partial charge < -0.3 is 10.6 Å². The van der Waals surface area contributed by atoms with E-state index in [1.165, 1.54) is 18.2 Å². The normalized spacial score (nSPS) is 11.3. The van der Waals surface area contributed by atoms with Crippen molar-refractivity contribution in [3.05, 3.63) is 83.6 Å².